The summed E-state index contributed by atoms with van der Waals surface area (Å²) in [5.74, 6) is 1.26. The molecule has 0 N–H and O–H groups in total. The summed E-state index contributed by atoms with van der Waals surface area (Å²) in [7, 11) is 0. The van der Waals surface area contributed by atoms with E-state index in [1.807, 2.05) is 36.4 Å². The molecule has 2 aliphatic heterocycles. The van der Waals surface area contributed by atoms with Crippen molar-refractivity contribution in [3.05, 3.63) is 83.1 Å². The van der Waals surface area contributed by atoms with Crippen molar-refractivity contribution in [3.8, 4) is 11.5 Å². The van der Waals surface area contributed by atoms with Crippen LogP contribution in [0, 0.1) is 0 Å². The summed E-state index contributed by atoms with van der Waals surface area (Å²) in [6, 6.07) is 16.3. The normalized spacial score (nSPS) is 20.3. The molecule has 2 unspecified atom stereocenters. The van der Waals surface area contributed by atoms with Crippen LogP contribution in [0.25, 0.3) is 0 Å². The predicted octanol–water partition coefficient (Wildman–Crippen LogP) is 5.28. The molecule has 0 saturated carbocycles. The minimum absolute atomic E-state index is 0.360. The van der Waals surface area contributed by atoms with Gasteiger partial charge in [-0.2, -0.15) is 0 Å². The number of para-hydroxylation sites is 1. The Morgan fingerprint density at radius 3 is 2.65 bits per heavy atom. The molecule has 3 aromatic rings. The highest BCUT2D eigenvalue weighted by Gasteiger charge is 2.48. The number of anilines is 1. The number of halogens is 1. The molecule has 2 aliphatic rings. The van der Waals surface area contributed by atoms with Crippen LogP contribution in [0.2, 0.25) is 5.02 Å². The highest BCUT2D eigenvalue weighted by molar-refractivity contribution is 6.31. The summed E-state index contributed by atoms with van der Waals surface area (Å²) in [5.41, 5.74) is 2.36. The van der Waals surface area contributed by atoms with Crippen molar-refractivity contribution in [1.29, 1.82) is 0 Å². The monoisotopic (exact) mass is 364 g/mol. The average Bonchev–Trinajstić information content (AvgIpc) is 2.93. The van der Waals surface area contributed by atoms with Crippen LogP contribution in [-0.2, 0) is 4.74 Å². The van der Waals surface area contributed by atoms with E-state index in [2.05, 4.69) is 4.98 Å². The number of benzene rings is 2. The second-order valence-corrected chi connectivity index (χ2v) is 6.59. The number of fused-ring (bicyclic) bond motifs is 5. The Labute approximate surface area is 154 Å². The zero-order valence-electron chi connectivity index (χ0n) is 13.5. The number of hydrogen-bond acceptors (Lipinski definition) is 4. The molecule has 0 aliphatic carbocycles. The molecular weight excluding hydrogens is 352 g/mol. The largest absolute Gasteiger partial charge is 0.455 e. The fraction of sp³-hybridized carbons (Fsp3) is 0.100. The molecule has 5 nitrogen and oxygen atoms in total. The molecule has 2 aromatic carbocycles. The standard InChI is InChI=1S/C20H13ClN2O3/c21-13-5-6-17-15(11-13)23-18(14-3-1-2-4-16(14)25-17)19(26-20(23)24)12-7-9-22-10-8-12/h1-11,18-19H. The minimum atomic E-state index is -0.472. The number of hydrogen-bond donors (Lipinski definition) is 0. The molecule has 1 fully saturated rings. The Kier molecular flexibility index (Phi) is 3.36. The van der Waals surface area contributed by atoms with Crippen molar-refractivity contribution >= 4 is 23.4 Å². The van der Waals surface area contributed by atoms with Gasteiger partial charge in [0.1, 0.15) is 11.8 Å². The number of carbonyl (C=O) groups is 1. The molecule has 0 spiro atoms. The maximum atomic E-state index is 12.8. The topological polar surface area (TPSA) is 51.7 Å². The van der Waals surface area contributed by atoms with E-state index in [0.717, 1.165) is 11.1 Å². The molecule has 6 heteroatoms. The Morgan fingerprint density at radius 2 is 1.81 bits per heavy atom. The van der Waals surface area contributed by atoms with E-state index < -0.39 is 12.2 Å². The van der Waals surface area contributed by atoms with E-state index in [1.54, 1.807) is 35.5 Å². The second kappa shape index (κ2) is 5.75. The van der Waals surface area contributed by atoms with Crippen molar-refractivity contribution in [3.63, 3.8) is 0 Å². The van der Waals surface area contributed by atoms with E-state index in [-0.39, 0.29) is 6.04 Å². The van der Waals surface area contributed by atoms with Crippen LogP contribution in [0.3, 0.4) is 0 Å². The van der Waals surface area contributed by atoms with Crippen molar-refractivity contribution in [2.24, 2.45) is 0 Å². The Bertz CT molecular complexity index is 1010. The molecule has 0 radical (unpaired) electrons. The summed E-state index contributed by atoms with van der Waals surface area (Å²) in [4.78, 5) is 18.5. The number of cyclic esters (lactones) is 1. The number of pyridine rings is 1. The van der Waals surface area contributed by atoms with E-state index in [1.165, 1.54) is 0 Å². The van der Waals surface area contributed by atoms with Crippen LogP contribution in [0.5, 0.6) is 11.5 Å². The number of ether oxygens (including phenoxy) is 2. The zero-order valence-corrected chi connectivity index (χ0v) is 14.3. The average molecular weight is 365 g/mol. The minimum Gasteiger partial charge on any atom is -0.455 e. The lowest BCUT2D eigenvalue weighted by atomic mass is 9.95. The van der Waals surface area contributed by atoms with Gasteiger partial charge in [-0.15, -0.1) is 0 Å². The maximum absolute atomic E-state index is 12.8. The van der Waals surface area contributed by atoms with Gasteiger partial charge in [-0.1, -0.05) is 29.8 Å². The van der Waals surface area contributed by atoms with Gasteiger partial charge in [-0.25, -0.2) is 4.79 Å². The van der Waals surface area contributed by atoms with Gasteiger partial charge in [0.15, 0.2) is 11.9 Å². The number of aromatic nitrogens is 1. The predicted molar refractivity (Wildman–Crippen MR) is 96.6 cm³/mol. The summed E-state index contributed by atoms with van der Waals surface area (Å²) >= 11 is 6.19. The first kappa shape index (κ1) is 15.2. The van der Waals surface area contributed by atoms with E-state index in [0.29, 0.717) is 22.2 Å². The van der Waals surface area contributed by atoms with Gasteiger partial charge in [0, 0.05) is 23.0 Å². The van der Waals surface area contributed by atoms with Gasteiger partial charge in [0.2, 0.25) is 0 Å². The van der Waals surface area contributed by atoms with Crippen LogP contribution in [0.1, 0.15) is 23.3 Å². The number of rotatable bonds is 1. The van der Waals surface area contributed by atoms with E-state index in [4.69, 9.17) is 21.1 Å². The van der Waals surface area contributed by atoms with Crippen molar-refractivity contribution in [2.45, 2.75) is 12.1 Å². The van der Waals surface area contributed by atoms with Gasteiger partial charge in [-0.05, 0) is 42.0 Å². The quantitative estimate of drug-likeness (QED) is 0.589. The molecule has 1 saturated heterocycles. The van der Waals surface area contributed by atoms with E-state index >= 15 is 0 Å². The Hall–Kier alpha value is -3.05. The summed E-state index contributed by atoms with van der Waals surface area (Å²) < 4.78 is 11.9. The highest BCUT2D eigenvalue weighted by Crippen LogP contribution is 2.53. The van der Waals surface area contributed by atoms with Crippen LogP contribution in [0.4, 0.5) is 10.5 Å². The fourth-order valence-corrected chi connectivity index (χ4v) is 3.70. The molecule has 1 aromatic heterocycles. The highest BCUT2D eigenvalue weighted by atomic mass is 35.5. The molecule has 1 amide bonds. The Morgan fingerprint density at radius 1 is 1.00 bits per heavy atom. The number of carbonyl (C=O) groups excluding carboxylic acids is 1. The van der Waals surface area contributed by atoms with Gasteiger partial charge < -0.3 is 9.47 Å². The molecular formula is C20H13ClN2O3. The van der Waals surface area contributed by atoms with Gasteiger partial charge in [-0.3, -0.25) is 9.88 Å². The molecule has 0 bridgehead atoms. The van der Waals surface area contributed by atoms with Crippen LogP contribution in [-0.4, -0.2) is 11.1 Å². The lowest BCUT2D eigenvalue weighted by Crippen LogP contribution is -2.27. The van der Waals surface area contributed by atoms with Gasteiger partial charge >= 0.3 is 6.09 Å². The summed E-state index contributed by atoms with van der Waals surface area (Å²) in [6.07, 6.45) is 2.48. The third-order valence-corrected chi connectivity index (χ3v) is 4.90. The third-order valence-electron chi connectivity index (χ3n) is 4.66. The first-order valence-electron chi connectivity index (χ1n) is 8.18. The maximum Gasteiger partial charge on any atom is 0.415 e. The second-order valence-electron chi connectivity index (χ2n) is 6.15. The lowest BCUT2D eigenvalue weighted by molar-refractivity contribution is 0.132. The van der Waals surface area contributed by atoms with Crippen molar-refractivity contribution < 1.29 is 14.3 Å². The summed E-state index contributed by atoms with van der Waals surface area (Å²) in [5, 5.41) is 0.525. The summed E-state index contributed by atoms with van der Waals surface area (Å²) in [6.45, 7) is 0. The van der Waals surface area contributed by atoms with Crippen LogP contribution < -0.4 is 9.64 Å². The smallest absolute Gasteiger partial charge is 0.415 e. The molecule has 26 heavy (non-hydrogen) atoms. The molecule has 5 rings (SSSR count). The molecule has 3 heterocycles. The lowest BCUT2D eigenvalue weighted by Gasteiger charge is -2.23. The number of amides is 1. The first-order chi connectivity index (χ1) is 12.7. The van der Waals surface area contributed by atoms with Crippen LogP contribution >= 0.6 is 11.6 Å². The van der Waals surface area contributed by atoms with Gasteiger partial charge in [0.05, 0.1) is 5.69 Å². The van der Waals surface area contributed by atoms with Crippen LogP contribution in [0.15, 0.2) is 67.0 Å². The third kappa shape index (κ3) is 2.24. The Balaban J connectivity index is 1.76. The van der Waals surface area contributed by atoms with E-state index in [9.17, 15) is 4.79 Å². The number of nitrogens with zero attached hydrogens (tertiary/aromatic N) is 2. The van der Waals surface area contributed by atoms with Crippen molar-refractivity contribution in [1.82, 2.24) is 4.98 Å². The van der Waals surface area contributed by atoms with Gasteiger partial charge in [0.25, 0.3) is 0 Å². The van der Waals surface area contributed by atoms with Crippen molar-refractivity contribution in [2.75, 3.05) is 4.90 Å². The fourth-order valence-electron chi connectivity index (χ4n) is 3.53. The zero-order chi connectivity index (χ0) is 17.7. The first-order valence-corrected chi connectivity index (χ1v) is 8.56. The SMILES string of the molecule is O=C1OC(c2ccncc2)C2c3ccccc3Oc3ccc(Cl)cc3N12. The molecule has 2 atom stereocenters. The molecule has 128 valence electrons.